The monoisotopic (exact) mass is 2920 g/mol. The predicted octanol–water partition coefficient (Wildman–Crippen LogP) is -28.0. The topological polar surface area (TPSA) is 574 Å². The van der Waals surface area contributed by atoms with Gasteiger partial charge in [-0.3, -0.25) is 43.2 Å². The molecule has 10 rings (SSSR count). The van der Waals surface area contributed by atoms with Crippen molar-refractivity contribution in [3.63, 3.8) is 0 Å². The molecule has 0 unspecified atom stereocenters. The molecule has 0 saturated carbocycles. The summed E-state index contributed by atoms with van der Waals surface area (Å²) in [7, 11) is 0. The number of carbonyl (C=O) groups is 9. The third-order valence-electron chi connectivity index (χ3n) is 14.3. The summed E-state index contributed by atoms with van der Waals surface area (Å²) in [5, 5.41) is 24.4. The number of nitrogens with two attached hydrogens (primary N) is 12. The molecule has 0 atom stereocenters. The fourth-order valence-electron chi connectivity index (χ4n) is 10.2. The van der Waals surface area contributed by atoms with E-state index in [1.807, 2.05) is 0 Å². The Balaban J connectivity index is -0.000000926. The van der Waals surface area contributed by atoms with Crippen LogP contribution in [0, 0.1) is 0 Å². The predicted molar refractivity (Wildman–Crippen MR) is 389 cm³/mol. The van der Waals surface area contributed by atoms with Crippen molar-refractivity contribution in [1.29, 1.82) is 0 Å². The molecule has 0 aromatic heterocycles. The van der Waals surface area contributed by atoms with Gasteiger partial charge < -0.3 is 266 Å². The Bertz CT molecular complexity index is 4250. The van der Waals surface area contributed by atoms with Gasteiger partial charge >= 0.3 is 126 Å². The minimum absolute atomic E-state index is 0. The fraction of sp³-hybridized carbons (Fsp3) is 0. The molecule has 30 nitrogen and oxygen atoms in total. The van der Waals surface area contributed by atoms with Gasteiger partial charge in [0.1, 0.15) is 0 Å². The van der Waals surface area contributed by atoms with Gasteiger partial charge in [0.2, 0.25) is 0 Å². The van der Waals surface area contributed by atoms with Crippen molar-refractivity contribution in [3.8, 4) is 0 Å². The molecule has 33 N–H and O–H groups in total. The summed E-state index contributed by atoms with van der Waals surface area (Å²) >= 11 is 0. The number of hydrogen-bond donors (Lipinski definition) is 21. The zero-order chi connectivity index (χ0) is 71.1. The summed E-state index contributed by atoms with van der Waals surface area (Å²) in [5.41, 5.74) is 73.3. The van der Waals surface area contributed by atoms with Gasteiger partial charge in [-0.05, 0) is 182 Å². The van der Waals surface area contributed by atoms with Crippen LogP contribution in [0.1, 0.15) is 93.2 Å². The van der Waals surface area contributed by atoms with E-state index >= 15 is 0 Å². The van der Waals surface area contributed by atoms with Crippen LogP contribution in [0.5, 0.6) is 0 Å². The quantitative estimate of drug-likeness (QED) is 0.0355. The molecule has 9 amide bonds. The van der Waals surface area contributed by atoms with Crippen molar-refractivity contribution in [3.05, 3.63) is 232 Å². The first-order valence-corrected chi connectivity index (χ1v) is 29.4. The molecule has 0 radical (unpaired) electrons. The van der Waals surface area contributed by atoms with Gasteiger partial charge in [0, 0.05) is 170 Å². The van der Waals surface area contributed by atoms with Crippen molar-refractivity contribution < 1.29 is 318 Å². The van der Waals surface area contributed by atoms with Crippen LogP contribution < -0.4 is 266 Å². The zero-order valence-corrected chi connectivity index (χ0v) is 81.1. The minimum atomic E-state index is -0.982. The SMILES string of the molecule is Nc1cc(N)cc(C(=O)Nc2cc(NC(=O)c3cc(N)cc(N)c3)cc(NC(=O)c3cc(C(=O)Nc4cc(NC(=O)c5cc(N)cc(N)c5)cc(NC(=O)c5cc(N)cc(N)c5)c4)cc(C(=O)Nc4cc(NC(=O)c5cc(N)cc(N)c5)cc(NC(=O)c5cc(N)cc(N)c5)c4)c3)c2)c1.[Cl-].[Cl-].[Cl-].[Cl-].[Cl-].[Cl-].[Cl-].[Cl-].[Cl-].[Cl-].[Cl-].[Cl-].[Pt+2].[Pt+2].[Pt+2].[Pt+2].[Pt+2].[Pt+2]. The number of nitrogen functional groups attached to an aromatic ring is 12. The van der Waals surface area contributed by atoms with Gasteiger partial charge in [-0.1, -0.05) is 0 Å². The van der Waals surface area contributed by atoms with E-state index in [0.29, 0.717) is 0 Å². The van der Waals surface area contributed by atoms with Crippen LogP contribution in [-0.4, -0.2) is 53.2 Å². The molecule has 48 heteroatoms. The Morgan fingerprint density at radius 2 is 0.214 bits per heavy atom. The van der Waals surface area contributed by atoms with E-state index in [4.69, 9.17) is 68.8 Å². The summed E-state index contributed by atoms with van der Waals surface area (Å²) in [5.74, 6) is -7.15. The molecule has 0 aliphatic carbocycles. The molecule has 117 heavy (non-hydrogen) atoms. The van der Waals surface area contributed by atoms with Crippen LogP contribution in [0.15, 0.2) is 182 Å². The standard InChI is InChI=1S/C69H63N21O9.12ClH.6Pt/c70-40-4-34(5-41(71)16-40)64(94)85-55-22-52(23-56(28-55)86-65(95)35-6-42(72)17-43(73)7-35)82-61(91)31-1-32(62(92)83-53-24-57(87-66(96)36-8-44(74)18-45(75)9-36)29-58(25-53)88-67(97)37-10-46(76)19-47(77)11-37)3-33(2-31)63(93)84-54-26-59(89-68(98)38-12-48(78)20-49(79)13-38)30-60(27-54)90-69(99)39-14-50(80)21-51(81)15-39;;;;;;;;;;;;;;;;;;/h1-30H,70-81H2,(H,82,91)(H,83,92)(H,84,93)(H,85,94)(H,86,95)(H,87,96)(H,88,97)(H,89,98)(H,90,99);12*1H;;;;;;/q;;;;;;;;;;;;;6*+2/p-12. The summed E-state index contributed by atoms with van der Waals surface area (Å²) < 4.78 is 0. The van der Waals surface area contributed by atoms with Crippen molar-refractivity contribution >= 4 is 173 Å². The maximum Gasteiger partial charge on any atom is 2.00 e. The van der Waals surface area contributed by atoms with Crippen molar-refractivity contribution in [1.82, 2.24) is 0 Å². The fourth-order valence-corrected chi connectivity index (χ4v) is 10.2. The first-order chi connectivity index (χ1) is 47.0. The summed E-state index contributed by atoms with van der Waals surface area (Å²) in [6.07, 6.45) is 0. The van der Waals surface area contributed by atoms with E-state index in [0.717, 1.165) is 18.2 Å². The molecular weight excluding hydrogens is 2860 g/mol. The van der Waals surface area contributed by atoms with Crippen LogP contribution in [0.2, 0.25) is 0 Å². The Morgan fingerprint density at radius 3 is 0.299 bits per heavy atom. The Labute approximate surface area is 830 Å². The average Bonchev–Trinajstić information content (AvgIpc) is 0.807. The molecule has 642 valence electrons. The average molecular weight is 2930 g/mol. The molecule has 0 heterocycles. The second-order valence-corrected chi connectivity index (χ2v) is 22.6. The second kappa shape index (κ2) is 57.0. The number of benzene rings is 10. The maximum absolute atomic E-state index is 14.9. The first-order valence-electron chi connectivity index (χ1n) is 29.4. The number of carbonyl (C=O) groups excluding carboxylic acids is 9. The van der Waals surface area contributed by atoms with E-state index in [2.05, 4.69) is 47.9 Å². The number of hydrogen-bond acceptors (Lipinski definition) is 21. The van der Waals surface area contributed by atoms with Crippen LogP contribution >= 0.6 is 0 Å². The van der Waals surface area contributed by atoms with Gasteiger partial charge in [0.05, 0.1) is 0 Å². The number of amides is 9. The molecule has 0 saturated heterocycles. The van der Waals surface area contributed by atoms with Crippen LogP contribution in [-0.2, 0) is 126 Å². The van der Waals surface area contributed by atoms with E-state index in [1.54, 1.807) is 0 Å². The third-order valence-corrected chi connectivity index (χ3v) is 14.3. The normalized spacial score (nSPS) is 9.03. The molecular formula is C69H63Cl12N21O9Pt6. The largest absolute Gasteiger partial charge is 2.00 e. The smallest absolute Gasteiger partial charge is 1.00 e. The van der Waals surface area contributed by atoms with E-state index in [1.165, 1.54) is 164 Å². The van der Waals surface area contributed by atoms with Gasteiger partial charge in [0.15, 0.2) is 0 Å². The van der Waals surface area contributed by atoms with Crippen LogP contribution in [0.3, 0.4) is 0 Å². The first kappa shape index (κ1) is 128. The maximum atomic E-state index is 14.9. The molecule has 10 aromatic rings. The van der Waals surface area contributed by atoms with E-state index in [-0.39, 0.29) is 445 Å². The summed E-state index contributed by atoms with van der Waals surface area (Å²) in [6, 6.07) is 40.6. The van der Waals surface area contributed by atoms with Crippen molar-refractivity contribution in [2.24, 2.45) is 0 Å². The Kier molecular flexibility index (Phi) is 62.2. The van der Waals surface area contributed by atoms with Crippen LogP contribution in [0.4, 0.5) is 119 Å². The summed E-state index contributed by atoms with van der Waals surface area (Å²) in [4.78, 5) is 127. The van der Waals surface area contributed by atoms with Crippen molar-refractivity contribution in [2.45, 2.75) is 0 Å². The summed E-state index contributed by atoms with van der Waals surface area (Å²) in [6.45, 7) is 0. The van der Waals surface area contributed by atoms with Gasteiger partial charge in [-0.2, -0.15) is 0 Å². The Hall–Kier alpha value is -7.36. The van der Waals surface area contributed by atoms with E-state index < -0.39 is 53.2 Å². The van der Waals surface area contributed by atoms with Gasteiger partial charge in [-0.25, -0.2) is 0 Å². The van der Waals surface area contributed by atoms with E-state index in [9.17, 15) is 43.2 Å². The third kappa shape index (κ3) is 36.2. The number of rotatable bonds is 18. The number of nitrogens with one attached hydrogen (secondary N) is 9. The number of anilines is 21. The number of halogens is 12. The van der Waals surface area contributed by atoms with Crippen molar-refractivity contribution in [2.75, 3.05) is 117 Å². The molecule has 0 aliphatic heterocycles. The molecule has 10 aromatic carbocycles. The molecule has 0 fully saturated rings. The minimum Gasteiger partial charge on any atom is -1.00 e. The van der Waals surface area contributed by atoms with Gasteiger partial charge in [-0.15, -0.1) is 0 Å². The molecule has 0 aliphatic rings. The zero-order valence-electron chi connectivity index (χ0n) is 58.4. The Morgan fingerprint density at radius 1 is 0.137 bits per heavy atom. The second-order valence-electron chi connectivity index (χ2n) is 22.6. The van der Waals surface area contributed by atoms with Gasteiger partial charge in [0.25, 0.3) is 53.2 Å². The molecule has 0 bridgehead atoms. The van der Waals surface area contributed by atoms with Crippen LogP contribution in [0.25, 0.3) is 0 Å². The molecule has 0 spiro atoms.